The summed E-state index contributed by atoms with van der Waals surface area (Å²) in [6.07, 6.45) is 6.77. The number of rotatable bonds is 2. The van der Waals surface area contributed by atoms with Gasteiger partial charge in [0.1, 0.15) is 5.38 Å². The van der Waals surface area contributed by atoms with Crippen LogP contribution in [0.4, 0.5) is 0 Å². The largest absolute Gasteiger partial charge is 0.480 e. The fourth-order valence-electron chi connectivity index (χ4n) is 6.92. The number of aliphatic carboxylic acids is 1. The van der Waals surface area contributed by atoms with Crippen LogP contribution in [0.25, 0.3) is 0 Å². The lowest BCUT2D eigenvalue weighted by Crippen LogP contribution is -2.62. The second-order valence-electron chi connectivity index (χ2n) is 8.56. The van der Waals surface area contributed by atoms with Gasteiger partial charge in [0.15, 0.2) is 0 Å². The van der Waals surface area contributed by atoms with Crippen LogP contribution >= 0.6 is 11.6 Å². The molecule has 4 rings (SSSR count). The topological polar surface area (TPSA) is 37.3 Å². The molecule has 4 saturated carbocycles. The molecule has 4 aliphatic rings. The minimum absolute atomic E-state index is 0.166. The first kappa shape index (κ1) is 12.8. The molecule has 0 spiro atoms. The number of hydrogen-bond donors (Lipinski definition) is 1. The summed E-state index contributed by atoms with van der Waals surface area (Å²) in [4.78, 5) is 11.4. The molecule has 2 nitrogen and oxygen atoms in total. The number of hydrogen-bond acceptors (Lipinski definition) is 1. The van der Waals surface area contributed by atoms with Crippen molar-refractivity contribution in [1.82, 2.24) is 0 Å². The molecular formula is C15H23ClO2. The van der Waals surface area contributed by atoms with Crippen LogP contribution in [0, 0.1) is 21.7 Å². The number of carboxylic acid groups (broad SMARTS) is 1. The SMILES string of the molecule is CC12CC3(C)CC(C)(C1)CC(C(Cl)C(=O)O)(C2)C3. The fourth-order valence-corrected chi connectivity index (χ4v) is 7.15. The van der Waals surface area contributed by atoms with Crippen molar-refractivity contribution in [3.05, 3.63) is 0 Å². The molecule has 0 saturated heterocycles. The maximum absolute atomic E-state index is 11.4. The van der Waals surface area contributed by atoms with E-state index in [-0.39, 0.29) is 5.41 Å². The molecule has 0 heterocycles. The van der Waals surface area contributed by atoms with Gasteiger partial charge in [0.25, 0.3) is 0 Å². The van der Waals surface area contributed by atoms with Crippen molar-refractivity contribution in [2.24, 2.45) is 21.7 Å². The second kappa shape index (κ2) is 3.26. The standard InChI is InChI=1S/C15H23ClO2/c1-12-4-13(2)6-14(3,5-12)9-15(7-12,8-13)10(16)11(17)18/h10H,4-9H2,1-3H3,(H,17,18). The number of carbonyl (C=O) groups is 1. The summed E-state index contributed by atoms with van der Waals surface area (Å²) in [7, 11) is 0. The van der Waals surface area contributed by atoms with Gasteiger partial charge in [-0.1, -0.05) is 20.8 Å². The maximum atomic E-state index is 11.4. The summed E-state index contributed by atoms with van der Waals surface area (Å²) in [6.45, 7) is 7.05. The van der Waals surface area contributed by atoms with Gasteiger partial charge in [-0.05, 0) is 60.2 Å². The monoisotopic (exact) mass is 270 g/mol. The van der Waals surface area contributed by atoms with Crippen LogP contribution in [0.15, 0.2) is 0 Å². The number of halogens is 1. The Kier molecular flexibility index (Phi) is 2.31. The van der Waals surface area contributed by atoms with E-state index in [4.69, 9.17) is 11.6 Å². The zero-order chi connectivity index (χ0) is 13.4. The van der Waals surface area contributed by atoms with Crippen LogP contribution in [0.1, 0.15) is 59.3 Å². The molecule has 3 heteroatoms. The summed E-state index contributed by atoms with van der Waals surface area (Å²) in [6, 6.07) is 0. The Balaban J connectivity index is 2.06. The quantitative estimate of drug-likeness (QED) is 0.768. The van der Waals surface area contributed by atoms with E-state index in [0.29, 0.717) is 16.2 Å². The Labute approximate surface area is 114 Å². The molecule has 0 radical (unpaired) electrons. The molecule has 1 unspecified atom stereocenters. The Morgan fingerprint density at radius 1 is 0.944 bits per heavy atom. The van der Waals surface area contributed by atoms with Crippen molar-refractivity contribution in [2.75, 3.05) is 0 Å². The molecule has 0 aromatic heterocycles. The normalized spacial score (nSPS) is 55.6. The summed E-state index contributed by atoms with van der Waals surface area (Å²) in [5, 5.41) is 8.65. The van der Waals surface area contributed by atoms with Gasteiger partial charge in [0.2, 0.25) is 0 Å². The zero-order valence-electron chi connectivity index (χ0n) is 11.6. The van der Waals surface area contributed by atoms with Gasteiger partial charge < -0.3 is 5.11 Å². The van der Waals surface area contributed by atoms with Crippen LogP contribution < -0.4 is 0 Å². The molecule has 1 atom stereocenters. The molecule has 4 bridgehead atoms. The molecule has 4 aliphatic carbocycles. The molecular weight excluding hydrogens is 248 g/mol. The van der Waals surface area contributed by atoms with E-state index >= 15 is 0 Å². The fraction of sp³-hybridized carbons (Fsp3) is 0.933. The van der Waals surface area contributed by atoms with Crippen molar-refractivity contribution in [2.45, 2.75) is 64.7 Å². The average molecular weight is 271 g/mol. The zero-order valence-corrected chi connectivity index (χ0v) is 12.3. The first-order valence-corrected chi connectivity index (χ1v) is 7.40. The maximum Gasteiger partial charge on any atom is 0.322 e. The van der Waals surface area contributed by atoms with Gasteiger partial charge in [-0.15, -0.1) is 11.6 Å². The Bertz CT molecular complexity index is 363. The third-order valence-electron chi connectivity index (χ3n) is 5.65. The van der Waals surface area contributed by atoms with Gasteiger partial charge in [0.05, 0.1) is 0 Å². The lowest BCUT2D eigenvalue weighted by Gasteiger charge is -2.69. The van der Waals surface area contributed by atoms with Gasteiger partial charge in [-0.3, -0.25) is 4.79 Å². The average Bonchev–Trinajstić information content (AvgIpc) is 2.07. The molecule has 102 valence electrons. The van der Waals surface area contributed by atoms with Crippen LogP contribution in [-0.4, -0.2) is 16.5 Å². The van der Waals surface area contributed by atoms with Crippen LogP contribution in [0.3, 0.4) is 0 Å². The molecule has 0 aliphatic heterocycles. The predicted octanol–water partition coefficient (Wildman–Crippen LogP) is 4.07. The highest BCUT2D eigenvalue weighted by atomic mass is 35.5. The molecule has 0 aromatic carbocycles. The van der Waals surface area contributed by atoms with Crippen molar-refractivity contribution in [3.63, 3.8) is 0 Å². The summed E-state index contributed by atoms with van der Waals surface area (Å²) in [5.41, 5.74) is 0.753. The lowest BCUT2D eigenvalue weighted by molar-refractivity contribution is -0.189. The highest BCUT2D eigenvalue weighted by Crippen LogP contribution is 2.74. The first-order chi connectivity index (χ1) is 8.10. The lowest BCUT2D eigenvalue weighted by atomic mass is 9.36. The third kappa shape index (κ3) is 1.64. The van der Waals surface area contributed by atoms with E-state index in [0.717, 1.165) is 19.3 Å². The minimum atomic E-state index is -0.825. The Morgan fingerprint density at radius 3 is 1.56 bits per heavy atom. The van der Waals surface area contributed by atoms with Crippen molar-refractivity contribution in [3.8, 4) is 0 Å². The predicted molar refractivity (Wildman–Crippen MR) is 71.7 cm³/mol. The summed E-state index contributed by atoms with van der Waals surface area (Å²) in [5.74, 6) is -0.825. The second-order valence-corrected chi connectivity index (χ2v) is 8.99. The summed E-state index contributed by atoms with van der Waals surface area (Å²) < 4.78 is 0. The van der Waals surface area contributed by atoms with Crippen LogP contribution in [-0.2, 0) is 4.79 Å². The Hall–Kier alpha value is -0.240. The van der Waals surface area contributed by atoms with Gasteiger partial charge in [-0.2, -0.15) is 0 Å². The smallest absolute Gasteiger partial charge is 0.322 e. The Morgan fingerprint density at radius 2 is 1.28 bits per heavy atom. The number of alkyl halides is 1. The van der Waals surface area contributed by atoms with E-state index in [1.165, 1.54) is 19.3 Å². The van der Waals surface area contributed by atoms with Crippen molar-refractivity contribution >= 4 is 17.6 Å². The van der Waals surface area contributed by atoms with E-state index in [9.17, 15) is 9.90 Å². The highest BCUT2D eigenvalue weighted by molar-refractivity contribution is 6.30. The van der Waals surface area contributed by atoms with Gasteiger partial charge in [-0.25, -0.2) is 0 Å². The van der Waals surface area contributed by atoms with Crippen molar-refractivity contribution < 1.29 is 9.90 Å². The van der Waals surface area contributed by atoms with E-state index in [2.05, 4.69) is 20.8 Å². The molecule has 18 heavy (non-hydrogen) atoms. The number of carboxylic acids is 1. The molecule has 0 aromatic rings. The minimum Gasteiger partial charge on any atom is -0.480 e. The van der Waals surface area contributed by atoms with E-state index in [1.807, 2.05) is 0 Å². The van der Waals surface area contributed by atoms with Crippen LogP contribution in [0.2, 0.25) is 0 Å². The van der Waals surface area contributed by atoms with Crippen molar-refractivity contribution in [1.29, 1.82) is 0 Å². The first-order valence-electron chi connectivity index (χ1n) is 6.97. The third-order valence-corrected chi connectivity index (χ3v) is 6.30. The summed E-state index contributed by atoms with van der Waals surface area (Å²) >= 11 is 6.32. The van der Waals surface area contributed by atoms with E-state index < -0.39 is 11.3 Å². The molecule has 1 N–H and O–H groups in total. The van der Waals surface area contributed by atoms with Gasteiger partial charge >= 0.3 is 5.97 Å². The van der Waals surface area contributed by atoms with Gasteiger partial charge in [0, 0.05) is 0 Å². The highest BCUT2D eigenvalue weighted by Gasteiger charge is 2.66. The van der Waals surface area contributed by atoms with Crippen LogP contribution in [0.5, 0.6) is 0 Å². The van der Waals surface area contributed by atoms with E-state index in [1.54, 1.807) is 0 Å². The molecule has 0 amide bonds. The molecule has 4 fully saturated rings.